The van der Waals surface area contributed by atoms with Gasteiger partial charge in [0.15, 0.2) is 0 Å². The van der Waals surface area contributed by atoms with E-state index in [9.17, 15) is 0 Å². The zero-order valence-corrected chi connectivity index (χ0v) is 11.9. The lowest BCUT2D eigenvalue weighted by atomic mass is 9.84. The number of rotatable bonds is 6. The molecule has 1 heterocycles. The van der Waals surface area contributed by atoms with Gasteiger partial charge in [0, 0.05) is 24.2 Å². The molecule has 2 fully saturated rings. The van der Waals surface area contributed by atoms with Gasteiger partial charge >= 0.3 is 0 Å². The highest BCUT2D eigenvalue weighted by Gasteiger charge is 2.23. The largest absolute Gasteiger partial charge is 0.377 e. The van der Waals surface area contributed by atoms with Gasteiger partial charge in [-0.3, -0.25) is 0 Å². The van der Waals surface area contributed by atoms with Gasteiger partial charge in [0.25, 0.3) is 0 Å². The van der Waals surface area contributed by atoms with Gasteiger partial charge < -0.3 is 10.1 Å². The Morgan fingerprint density at radius 3 is 2.65 bits per heavy atom. The van der Waals surface area contributed by atoms with E-state index in [2.05, 4.69) is 24.1 Å². The van der Waals surface area contributed by atoms with Gasteiger partial charge in [-0.05, 0) is 38.6 Å². The molecule has 2 unspecified atom stereocenters. The van der Waals surface area contributed by atoms with Crippen LogP contribution in [0.25, 0.3) is 0 Å². The first-order valence-electron chi connectivity index (χ1n) is 7.26. The maximum atomic E-state index is 5.67. The molecule has 0 aromatic carbocycles. The highest BCUT2D eigenvalue weighted by atomic mass is 32.2. The topological polar surface area (TPSA) is 21.3 Å². The summed E-state index contributed by atoms with van der Waals surface area (Å²) in [6.45, 7) is 0.989. The van der Waals surface area contributed by atoms with Crippen molar-refractivity contribution in [2.24, 2.45) is 5.92 Å². The lowest BCUT2D eigenvalue weighted by Crippen LogP contribution is -2.37. The highest BCUT2D eigenvalue weighted by molar-refractivity contribution is 7.99. The monoisotopic (exact) mass is 257 g/mol. The Kier molecular flexibility index (Phi) is 6.16. The Morgan fingerprint density at radius 1 is 1.18 bits per heavy atom. The van der Waals surface area contributed by atoms with Crippen molar-refractivity contribution < 1.29 is 4.74 Å². The van der Waals surface area contributed by atoms with E-state index in [0.29, 0.717) is 6.10 Å². The Labute approximate surface area is 110 Å². The third-order valence-corrected chi connectivity index (χ3v) is 5.42. The maximum absolute atomic E-state index is 5.67. The highest BCUT2D eigenvalue weighted by Crippen LogP contribution is 2.28. The van der Waals surface area contributed by atoms with Crippen molar-refractivity contribution in [2.75, 3.05) is 25.2 Å². The van der Waals surface area contributed by atoms with Gasteiger partial charge in [-0.25, -0.2) is 0 Å². The zero-order chi connectivity index (χ0) is 11.9. The summed E-state index contributed by atoms with van der Waals surface area (Å²) in [5, 5.41) is 3.54. The molecule has 1 aliphatic heterocycles. The van der Waals surface area contributed by atoms with E-state index in [-0.39, 0.29) is 0 Å². The second-order valence-corrected chi connectivity index (χ2v) is 6.54. The lowest BCUT2D eigenvalue weighted by Gasteiger charge is -2.30. The molecule has 2 aliphatic rings. The van der Waals surface area contributed by atoms with Crippen molar-refractivity contribution in [1.29, 1.82) is 0 Å². The summed E-state index contributed by atoms with van der Waals surface area (Å²) in [5.41, 5.74) is 0. The maximum Gasteiger partial charge on any atom is 0.0666 e. The SMILES string of the molecule is CNC(CSCC1CCCO1)C1CCCCC1. The first kappa shape index (κ1) is 13.7. The molecule has 0 aromatic heterocycles. The quantitative estimate of drug-likeness (QED) is 0.790. The Bertz CT molecular complexity index is 200. The molecule has 100 valence electrons. The van der Waals surface area contributed by atoms with Gasteiger partial charge in [0.2, 0.25) is 0 Å². The summed E-state index contributed by atoms with van der Waals surface area (Å²) in [5.74, 6) is 3.39. The van der Waals surface area contributed by atoms with Gasteiger partial charge in [-0.15, -0.1) is 0 Å². The van der Waals surface area contributed by atoms with Crippen LogP contribution in [0.3, 0.4) is 0 Å². The molecule has 2 atom stereocenters. The summed E-state index contributed by atoms with van der Waals surface area (Å²) >= 11 is 2.09. The fraction of sp³-hybridized carbons (Fsp3) is 1.00. The molecule has 2 rings (SSSR count). The van der Waals surface area contributed by atoms with Gasteiger partial charge in [-0.2, -0.15) is 11.8 Å². The van der Waals surface area contributed by atoms with Crippen LogP contribution >= 0.6 is 11.8 Å². The predicted octanol–water partition coefficient (Wildman–Crippen LogP) is 3.07. The Morgan fingerprint density at radius 2 is 2.00 bits per heavy atom. The summed E-state index contributed by atoms with van der Waals surface area (Å²) in [7, 11) is 2.13. The van der Waals surface area contributed by atoms with Gasteiger partial charge in [0.1, 0.15) is 0 Å². The number of thioether (sulfide) groups is 1. The first-order chi connectivity index (χ1) is 8.40. The molecule has 0 aromatic rings. The van der Waals surface area contributed by atoms with E-state index in [1.807, 2.05) is 0 Å². The molecule has 1 saturated carbocycles. The van der Waals surface area contributed by atoms with Crippen molar-refractivity contribution >= 4 is 11.8 Å². The Balaban J connectivity index is 1.63. The molecule has 3 heteroatoms. The van der Waals surface area contributed by atoms with Crippen LogP contribution in [0, 0.1) is 5.92 Å². The minimum atomic E-state index is 0.545. The normalized spacial score (nSPS) is 28.4. The van der Waals surface area contributed by atoms with Crippen LogP contribution < -0.4 is 5.32 Å². The molecule has 1 saturated heterocycles. The smallest absolute Gasteiger partial charge is 0.0666 e. The average Bonchev–Trinajstić information content (AvgIpc) is 2.89. The number of nitrogens with one attached hydrogen (secondary N) is 1. The van der Waals surface area contributed by atoms with E-state index < -0.39 is 0 Å². The van der Waals surface area contributed by atoms with Crippen molar-refractivity contribution in [3.63, 3.8) is 0 Å². The molecule has 1 aliphatic carbocycles. The predicted molar refractivity (Wildman–Crippen MR) is 75.7 cm³/mol. The molecule has 2 nitrogen and oxygen atoms in total. The summed E-state index contributed by atoms with van der Waals surface area (Å²) < 4.78 is 5.67. The summed E-state index contributed by atoms with van der Waals surface area (Å²) in [6.07, 6.45) is 10.3. The molecule has 0 bridgehead atoms. The van der Waals surface area contributed by atoms with E-state index >= 15 is 0 Å². The summed E-state index contributed by atoms with van der Waals surface area (Å²) in [4.78, 5) is 0. The van der Waals surface area contributed by atoms with E-state index in [1.54, 1.807) is 0 Å². The minimum Gasteiger partial charge on any atom is -0.377 e. The fourth-order valence-electron chi connectivity index (χ4n) is 3.09. The van der Waals surface area contributed by atoms with E-state index in [0.717, 1.165) is 18.6 Å². The number of hydrogen-bond donors (Lipinski definition) is 1. The van der Waals surface area contributed by atoms with Crippen LogP contribution in [0.5, 0.6) is 0 Å². The number of ether oxygens (including phenoxy) is 1. The van der Waals surface area contributed by atoms with Crippen molar-refractivity contribution in [3.8, 4) is 0 Å². The lowest BCUT2D eigenvalue weighted by molar-refractivity contribution is 0.129. The second kappa shape index (κ2) is 7.65. The molecule has 17 heavy (non-hydrogen) atoms. The van der Waals surface area contributed by atoms with Gasteiger partial charge in [-0.1, -0.05) is 19.3 Å². The molecule has 1 N–H and O–H groups in total. The van der Waals surface area contributed by atoms with Gasteiger partial charge in [0.05, 0.1) is 6.10 Å². The van der Waals surface area contributed by atoms with Crippen molar-refractivity contribution in [3.05, 3.63) is 0 Å². The van der Waals surface area contributed by atoms with Crippen LogP contribution in [0.4, 0.5) is 0 Å². The van der Waals surface area contributed by atoms with Crippen molar-refractivity contribution in [1.82, 2.24) is 5.32 Å². The molecule has 0 radical (unpaired) electrons. The van der Waals surface area contributed by atoms with E-state index in [4.69, 9.17) is 4.74 Å². The minimum absolute atomic E-state index is 0.545. The van der Waals surface area contributed by atoms with E-state index in [1.165, 1.54) is 56.5 Å². The third kappa shape index (κ3) is 4.46. The van der Waals surface area contributed by atoms with Crippen LogP contribution in [0.15, 0.2) is 0 Å². The second-order valence-electron chi connectivity index (χ2n) is 5.47. The third-order valence-electron chi connectivity index (χ3n) is 4.21. The van der Waals surface area contributed by atoms with Crippen molar-refractivity contribution in [2.45, 2.75) is 57.1 Å². The summed E-state index contributed by atoms with van der Waals surface area (Å²) in [6, 6.07) is 0.724. The molecule has 0 spiro atoms. The Hall–Kier alpha value is 0.270. The first-order valence-corrected chi connectivity index (χ1v) is 8.42. The fourth-order valence-corrected chi connectivity index (χ4v) is 4.45. The van der Waals surface area contributed by atoms with Crippen LogP contribution in [-0.4, -0.2) is 37.3 Å². The molecular formula is C14H27NOS. The molecule has 0 amide bonds. The molecular weight excluding hydrogens is 230 g/mol. The van der Waals surface area contributed by atoms with Crippen LogP contribution in [0.2, 0.25) is 0 Å². The standard InChI is InChI=1S/C14H27NOS/c1-15-14(12-6-3-2-4-7-12)11-17-10-13-8-5-9-16-13/h12-15H,2-11H2,1H3. The average molecular weight is 257 g/mol. The number of hydrogen-bond acceptors (Lipinski definition) is 3. The zero-order valence-electron chi connectivity index (χ0n) is 11.1. The van der Waals surface area contributed by atoms with Crippen LogP contribution in [0.1, 0.15) is 44.9 Å². The van der Waals surface area contributed by atoms with Crippen LogP contribution in [-0.2, 0) is 4.74 Å².